The van der Waals surface area contributed by atoms with Crippen molar-refractivity contribution in [3.63, 3.8) is 0 Å². The van der Waals surface area contributed by atoms with Crippen molar-refractivity contribution in [2.75, 3.05) is 17.9 Å². The SMILES string of the molecule is COc1ccc(N2CSC2=O)cc1. The molecule has 0 radical (unpaired) electrons. The summed E-state index contributed by atoms with van der Waals surface area (Å²) in [6, 6.07) is 7.48. The third kappa shape index (κ3) is 1.49. The molecular weight excluding hydrogens is 186 g/mol. The molecule has 1 aromatic carbocycles. The van der Waals surface area contributed by atoms with Gasteiger partial charge in [0, 0.05) is 5.69 Å². The predicted molar refractivity (Wildman–Crippen MR) is 53.3 cm³/mol. The number of rotatable bonds is 2. The van der Waals surface area contributed by atoms with Gasteiger partial charge in [0.1, 0.15) is 5.75 Å². The zero-order valence-electron chi connectivity index (χ0n) is 7.19. The zero-order chi connectivity index (χ0) is 9.26. The topological polar surface area (TPSA) is 29.5 Å². The number of methoxy groups -OCH3 is 1. The van der Waals surface area contributed by atoms with Crippen LogP contribution in [0.25, 0.3) is 0 Å². The second kappa shape index (κ2) is 3.30. The lowest BCUT2D eigenvalue weighted by Crippen LogP contribution is -2.36. The molecule has 68 valence electrons. The first-order valence-corrected chi connectivity index (χ1v) is 4.88. The van der Waals surface area contributed by atoms with Crippen LogP contribution in [0.5, 0.6) is 5.75 Å². The number of nitrogens with zero attached hydrogens (tertiary/aromatic N) is 1. The number of ether oxygens (including phenoxy) is 1. The smallest absolute Gasteiger partial charge is 0.288 e. The Morgan fingerprint density at radius 1 is 1.38 bits per heavy atom. The maximum atomic E-state index is 11.0. The fourth-order valence-electron chi connectivity index (χ4n) is 1.12. The first-order valence-electron chi connectivity index (χ1n) is 3.89. The Labute approximate surface area is 80.7 Å². The molecule has 0 aliphatic carbocycles. The van der Waals surface area contributed by atoms with Gasteiger partial charge in [-0.15, -0.1) is 0 Å². The van der Waals surface area contributed by atoms with Crippen LogP contribution in [0.15, 0.2) is 24.3 Å². The molecule has 0 N–H and O–H groups in total. The Hall–Kier alpha value is -1.16. The van der Waals surface area contributed by atoms with Crippen LogP contribution in [0.3, 0.4) is 0 Å². The molecule has 1 fully saturated rings. The molecular formula is C9H9NO2S. The summed E-state index contributed by atoms with van der Waals surface area (Å²) in [6.45, 7) is 0. The van der Waals surface area contributed by atoms with Crippen molar-refractivity contribution in [2.45, 2.75) is 0 Å². The molecule has 1 aliphatic rings. The van der Waals surface area contributed by atoms with Crippen molar-refractivity contribution in [1.29, 1.82) is 0 Å². The van der Waals surface area contributed by atoms with E-state index >= 15 is 0 Å². The van der Waals surface area contributed by atoms with Gasteiger partial charge < -0.3 is 4.74 Å². The van der Waals surface area contributed by atoms with Crippen LogP contribution in [0.2, 0.25) is 0 Å². The summed E-state index contributed by atoms with van der Waals surface area (Å²) in [4.78, 5) is 12.8. The van der Waals surface area contributed by atoms with Gasteiger partial charge in [0.2, 0.25) is 0 Å². The van der Waals surface area contributed by atoms with E-state index in [2.05, 4.69) is 0 Å². The van der Waals surface area contributed by atoms with Gasteiger partial charge in [-0.05, 0) is 36.0 Å². The molecule has 4 heteroatoms. The molecule has 1 heterocycles. The molecule has 1 aromatic rings. The second-order valence-corrected chi connectivity index (χ2v) is 3.56. The minimum atomic E-state index is 0.116. The van der Waals surface area contributed by atoms with Crippen LogP contribution in [-0.2, 0) is 0 Å². The van der Waals surface area contributed by atoms with Crippen LogP contribution in [-0.4, -0.2) is 18.2 Å². The summed E-state index contributed by atoms with van der Waals surface area (Å²) < 4.78 is 5.02. The van der Waals surface area contributed by atoms with Crippen molar-refractivity contribution in [3.8, 4) is 5.75 Å². The van der Waals surface area contributed by atoms with E-state index in [0.717, 1.165) is 17.3 Å². The second-order valence-electron chi connectivity index (χ2n) is 2.67. The summed E-state index contributed by atoms with van der Waals surface area (Å²) >= 11 is 1.33. The maximum Gasteiger partial charge on any atom is 0.288 e. The molecule has 1 amide bonds. The first-order chi connectivity index (χ1) is 6.31. The van der Waals surface area contributed by atoms with Crippen molar-refractivity contribution in [1.82, 2.24) is 0 Å². The number of hydrogen-bond acceptors (Lipinski definition) is 3. The van der Waals surface area contributed by atoms with Gasteiger partial charge in [-0.3, -0.25) is 9.69 Å². The average molecular weight is 195 g/mol. The van der Waals surface area contributed by atoms with Gasteiger partial charge in [-0.2, -0.15) is 0 Å². The monoisotopic (exact) mass is 195 g/mol. The molecule has 0 spiro atoms. The largest absolute Gasteiger partial charge is 0.497 e. The fourth-order valence-corrected chi connectivity index (χ4v) is 1.74. The molecule has 13 heavy (non-hydrogen) atoms. The molecule has 0 saturated carbocycles. The minimum Gasteiger partial charge on any atom is -0.497 e. The molecule has 2 rings (SSSR count). The van der Waals surface area contributed by atoms with Gasteiger partial charge >= 0.3 is 0 Å². The van der Waals surface area contributed by atoms with E-state index in [1.165, 1.54) is 11.8 Å². The highest BCUT2D eigenvalue weighted by molar-refractivity contribution is 8.16. The highest BCUT2D eigenvalue weighted by atomic mass is 32.2. The molecule has 0 bridgehead atoms. The van der Waals surface area contributed by atoms with E-state index in [1.807, 2.05) is 24.3 Å². The average Bonchev–Trinajstić information content (AvgIpc) is 2.17. The number of carbonyl (C=O) groups excluding carboxylic acids is 1. The molecule has 0 unspecified atom stereocenters. The molecule has 1 aliphatic heterocycles. The number of amides is 1. The lowest BCUT2D eigenvalue weighted by molar-refractivity contribution is 0.264. The van der Waals surface area contributed by atoms with Crippen molar-refractivity contribution < 1.29 is 9.53 Å². The summed E-state index contributed by atoms with van der Waals surface area (Å²) in [7, 11) is 1.62. The minimum absolute atomic E-state index is 0.116. The van der Waals surface area contributed by atoms with Crippen LogP contribution < -0.4 is 9.64 Å². The summed E-state index contributed by atoms with van der Waals surface area (Å²) in [6.07, 6.45) is 0. The summed E-state index contributed by atoms with van der Waals surface area (Å²) in [5, 5.41) is 0.116. The van der Waals surface area contributed by atoms with Crippen LogP contribution in [0, 0.1) is 0 Å². The van der Waals surface area contributed by atoms with E-state index < -0.39 is 0 Å². The predicted octanol–water partition coefficient (Wildman–Crippen LogP) is 2.33. The Balaban J connectivity index is 2.18. The van der Waals surface area contributed by atoms with Gasteiger partial charge in [0.25, 0.3) is 5.24 Å². The Kier molecular flexibility index (Phi) is 2.14. The van der Waals surface area contributed by atoms with Crippen LogP contribution in [0.1, 0.15) is 0 Å². The summed E-state index contributed by atoms with van der Waals surface area (Å²) in [5.41, 5.74) is 0.935. The maximum absolute atomic E-state index is 11.0. The lowest BCUT2D eigenvalue weighted by Gasteiger charge is -2.29. The van der Waals surface area contributed by atoms with Gasteiger partial charge in [-0.1, -0.05) is 0 Å². The van der Waals surface area contributed by atoms with Gasteiger partial charge in [0.05, 0.1) is 13.0 Å². The Morgan fingerprint density at radius 3 is 2.46 bits per heavy atom. The quantitative estimate of drug-likeness (QED) is 0.725. The highest BCUT2D eigenvalue weighted by Gasteiger charge is 2.25. The number of hydrogen-bond donors (Lipinski definition) is 0. The highest BCUT2D eigenvalue weighted by Crippen LogP contribution is 2.30. The van der Waals surface area contributed by atoms with E-state index in [4.69, 9.17) is 4.74 Å². The van der Waals surface area contributed by atoms with Gasteiger partial charge in [-0.25, -0.2) is 0 Å². The standard InChI is InChI=1S/C9H9NO2S/c1-12-8-4-2-7(3-5-8)10-6-13-9(10)11/h2-5H,6H2,1H3. The number of carbonyl (C=O) groups is 1. The summed E-state index contributed by atoms with van der Waals surface area (Å²) in [5.74, 6) is 1.56. The third-order valence-electron chi connectivity index (χ3n) is 1.92. The molecule has 0 atom stereocenters. The van der Waals surface area contributed by atoms with E-state index in [9.17, 15) is 4.79 Å². The first kappa shape index (κ1) is 8.44. The lowest BCUT2D eigenvalue weighted by atomic mass is 10.3. The number of thioether (sulfide) groups is 1. The van der Waals surface area contributed by atoms with Crippen molar-refractivity contribution in [2.24, 2.45) is 0 Å². The van der Waals surface area contributed by atoms with E-state index in [1.54, 1.807) is 12.0 Å². The van der Waals surface area contributed by atoms with Crippen molar-refractivity contribution >= 4 is 22.7 Å². The fraction of sp³-hybridized carbons (Fsp3) is 0.222. The van der Waals surface area contributed by atoms with Crippen LogP contribution >= 0.6 is 11.8 Å². The normalized spacial score (nSPS) is 15.5. The Bertz CT molecular complexity index is 323. The number of benzene rings is 1. The third-order valence-corrected chi connectivity index (χ3v) is 2.78. The van der Waals surface area contributed by atoms with E-state index in [-0.39, 0.29) is 5.24 Å². The zero-order valence-corrected chi connectivity index (χ0v) is 8.00. The molecule has 0 aromatic heterocycles. The van der Waals surface area contributed by atoms with Gasteiger partial charge in [0.15, 0.2) is 0 Å². The Morgan fingerprint density at radius 2 is 2.08 bits per heavy atom. The van der Waals surface area contributed by atoms with E-state index in [0.29, 0.717) is 0 Å². The van der Waals surface area contributed by atoms with Crippen molar-refractivity contribution in [3.05, 3.63) is 24.3 Å². The molecule has 3 nitrogen and oxygen atoms in total. The van der Waals surface area contributed by atoms with Crippen LogP contribution in [0.4, 0.5) is 10.5 Å². The molecule has 1 saturated heterocycles. The number of anilines is 1.